The van der Waals surface area contributed by atoms with Gasteiger partial charge in [-0.1, -0.05) is 13.0 Å². The number of nitrogens with zero attached hydrogens (tertiary/aromatic N) is 2. The first-order chi connectivity index (χ1) is 12.8. The smallest absolute Gasteiger partial charge is 0.328 e. The van der Waals surface area contributed by atoms with Crippen LogP contribution >= 0.6 is 0 Å². The summed E-state index contributed by atoms with van der Waals surface area (Å²) in [5.74, 6) is -1.98. The zero-order valence-electron chi connectivity index (χ0n) is 14.8. The number of non-ortho nitro benzene ring substituents is 1. The van der Waals surface area contributed by atoms with E-state index in [0.717, 1.165) is 11.0 Å². The molecule has 0 fully saturated rings. The maximum absolute atomic E-state index is 12.4. The van der Waals surface area contributed by atoms with Gasteiger partial charge in [-0.15, -0.1) is 6.58 Å². The molecule has 27 heavy (non-hydrogen) atoms. The van der Waals surface area contributed by atoms with Gasteiger partial charge >= 0.3 is 5.97 Å². The lowest BCUT2D eigenvalue weighted by atomic mass is 10.0. The van der Waals surface area contributed by atoms with Gasteiger partial charge in [0.2, 0.25) is 5.91 Å². The van der Waals surface area contributed by atoms with Crippen molar-refractivity contribution in [2.24, 2.45) is 5.92 Å². The molecule has 0 aromatic heterocycles. The summed E-state index contributed by atoms with van der Waals surface area (Å²) in [7, 11) is 1.19. The number of carbonyl (C=O) groups excluding carboxylic acids is 3. The molecule has 1 aromatic rings. The Hall–Kier alpha value is -3.43. The van der Waals surface area contributed by atoms with Gasteiger partial charge in [-0.05, 0) is 6.07 Å². The van der Waals surface area contributed by atoms with Crippen LogP contribution in [0.1, 0.15) is 6.92 Å². The molecule has 0 aliphatic carbocycles. The first-order valence-electron chi connectivity index (χ1n) is 7.99. The lowest BCUT2D eigenvalue weighted by Crippen LogP contribution is -2.51. The van der Waals surface area contributed by atoms with E-state index in [1.807, 2.05) is 0 Å². The molecule has 1 aliphatic heterocycles. The van der Waals surface area contributed by atoms with E-state index in [-0.39, 0.29) is 23.7 Å². The predicted molar refractivity (Wildman–Crippen MR) is 94.3 cm³/mol. The van der Waals surface area contributed by atoms with Crippen LogP contribution in [0.5, 0.6) is 5.75 Å². The van der Waals surface area contributed by atoms with E-state index in [9.17, 15) is 24.5 Å². The van der Waals surface area contributed by atoms with Crippen LogP contribution in [0.2, 0.25) is 0 Å². The van der Waals surface area contributed by atoms with E-state index in [1.165, 1.54) is 25.3 Å². The van der Waals surface area contributed by atoms with Crippen molar-refractivity contribution >= 4 is 29.2 Å². The average molecular weight is 377 g/mol. The maximum Gasteiger partial charge on any atom is 0.328 e. The molecular formula is C17H19N3O7. The van der Waals surface area contributed by atoms with Crippen LogP contribution in [-0.2, 0) is 19.1 Å². The molecule has 1 aromatic carbocycles. The normalized spacial score (nSPS) is 15.0. The van der Waals surface area contributed by atoms with Gasteiger partial charge in [0.15, 0.2) is 6.61 Å². The molecule has 0 saturated carbocycles. The first-order valence-corrected chi connectivity index (χ1v) is 7.99. The van der Waals surface area contributed by atoms with Crippen molar-refractivity contribution in [3.63, 3.8) is 0 Å². The standard InChI is InChI=1S/C17H19N3O7/c1-4-10(2)16(17(23)26-3)18-14(21)8-19-12-7-11(20(24)25)5-6-13(12)27-9-15(19)22/h4-7,10,16H,1,8-9H2,2-3H3,(H,18,21)/t10-,16+/m0/s1. The lowest BCUT2D eigenvalue weighted by Gasteiger charge is -2.29. The number of benzene rings is 1. The average Bonchev–Trinajstić information content (AvgIpc) is 2.66. The lowest BCUT2D eigenvalue weighted by molar-refractivity contribution is -0.384. The van der Waals surface area contributed by atoms with Gasteiger partial charge in [0.05, 0.1) is 17.7 Å². The van der Waals surface area contributed by atoms with Gasteiger partial charge in [-0.25, -0.2) is 4.79 Å². The number of esters is 1. The summed E-state index contributed by atoms with van der Waals surface area (Å²) < 4.78 is 9.91. The molecular weight excluding hydrogens is 358 g/mol. The molecule has 1 aliphatic rings. The Morgan fingerprint density at radius 3 is 2.81 bits per heavy atom. The number of anilines is 1. The quantitative estimate of drug-likeness (QED) is 0.322. The Kier molecular flexibility index (Phi) is 6.11. The van der Waals surface area contributed by atoms with E-state index in [0.29, 0.717) is 0 Å². The second-order valence-corrected chi connectivity index (χ2v) is 5.84. The van der Waals surface area contributed by atoms with Crippen LogP contribution in [-0.4, -0.2) is 49.0 Å². The van der Waals surface area contributed by atoms with Crippen LogP contribution in [0.25, 0.3) is 0 Å². The van der Waals surface area contributed by atoms with E-state index < -0.39 is 41.2 Å². The van der Waals surface area contributed by atoms with E-state index in [1.54, 1.807) is 6.92 Å². The Morgan fingerprint density at radius 1 is 1.52 bits per heavy atom. The van der Waals surface area contributed by atoms with Gasteiger partial charge < -0.3 is 14.8 Å². The van der Waals surface area contributed by atoms with Crippen molar-refractivity contribution in [2.45, 2.75) is 13.0 Å². The molecule has 0 spiro atoms. The zero-order valence-corrected chi connectivity index (χ0v) is 14.8. The number of ether oxygens (including phenoxy) is 2. The minimum absolute atomic E-state index is 0.113. The fourth-order valence-electron chi connectivity index (χ4n) is 2.51. The number of rotatable bonds is 7. The van der Waals surface area contributed by atoms with Crippen molar-refractivity contribution in [1.82, 2.24) is 5.32 Å². The monoisotopic (exact) mass is 377 g/mol. The molecule has 0 unspecified atom stereocenters. The van der Waals surface area contributed by atoms with Crippen LogP contribution in [0.15, 0.2) is 30.9 Å². The number of fused-ring (bicyclic) bond motifs is 1. The van der Waals surface area contributed by atoms with Crippen molar-refractivity contribution in [2.75, 3.05) is 25.2 Å². The number of nitro benzene ring substituents is 1. The topological polar surface area (TPSA) is 128 Å². The number of hydrogen-bond donors (Lipinski definition) is 1. The fourth-order valence-corrected chi connectivity index (χ4v) is 2.51. The number of amides is 2. The van der Waals surface area contributed by atoms with Crippen LogP contribution < -0.4 is 15.0 Å². The summed E-state index contributed by atoms with van der Waals surface area (Å²) in [6, 6.07) is 2.79. The molecule has 1 N–H and O–H groups in total. The van der Waals surface area contributed by atoms with Crippen molar-refractivity contribution in [3.05, 3.63) is 41.0 Å². The van der Waals surface area contributed by atoms with Gasteiger partial charge in [0.25, 0.3) is 11.6 Å². The number of nitrogens with one attached hydrogen (secondary N) is 1. The zero-order chi connectivity index (χ0) is 20.1. The van der Waals surface area contributed by atoms with Crippen LogP contribution in [0, 0.1) is 16.0 Å². The second-order valence-electron chi connectivity index (χ2n) is 5.84. The predicted octanol–water partition coefficient (Wildman–Crippen LogP) is 0.800. The van der Waals surface area contributed by atoms with Gasteiger partial charge in [-0.3, -0.25) is 24.6 Å². The first kappa shape index (κ1) is 19.9. The molecule has 10 nitrogen and oxygen atoms in total. The van der Waals surface area contributed by atoms with E-state index >= 15 is 0 Å². The third-order valence-corrected chi connectivity index (χ3v) is 4.07. The number of hydrogen-bond acceptors (Lipinski definition) is 7. The molecule has 1 heterocycles. The minimum atomic E-state index is -0.972. The summed E-state index contributed by atoms with van der Waals surface area (Å²) in [5.41, 5.74) is -0.132. The molecule has 2 atom stereocenters. The molecule has 0 saturated heterocycles. The fraction of sp³-hybridized carbons (Fsp3) is 0.353. The number of nitro groups is 1. The summed E-state index contributed by atoms with van der Waals surface area (Å²) in [4.78, 5) is 47.9. The van der Waals surface area contributed by atoms with Crippen molar-refractivity contribution < 1.29 is 28.8 Å². The minimum Gasteiger partial charge on any atom is -0.482 e. The SMILES string of the molecule is C=C[C@H](C)[C@@H](NC(=O)CN1C(=O)COc2ccc([N+](=O)[O-])cc21)C(=O)OC. The van der Waals surface area contributed by atoms with E-state index in [4.69, 9.17) is 4.74 Å². The molecule has 10 heteroatoms. The number of carbonyl (C=O) groups is 3. The Labute approximate surface area is 154 Å². The highest BCUT2D eigenvalue weighted by Gasteiger charge is 2.31. The highest BCUT2D eigenvalue weighted by Crippen LogP contribution is 2.35. The van der Waals surface area contributed by atoms with Crippen molar-refractivity contribution in [3.8, 4) is 5.75 Å². The Morgan fingerprint density at radius 2 is 2.22 bits per heavy atom. The summed E-state index contributed by atoms with van der Waals surface area (Å²) in [6.45, 7) is 4.52. The second kappa shape index (κ2) is 8.30. The number of methoxy groups -OCH3 is 1. The third kappa shape index (κ3) is 4.40. The van der Waals surface area contributed by atoms with Crippen LogP contribution in [0.4, 0.5) is 11.4 Å². The van der Waals surface area contributed by atoms with Gasteiger partial charge in [0.1, 0.15) is 18.3 Å². The van der Waals surface area contributed by atoms with Crippen molar-refractivity contribution in [1.29, 1.82) is 0 Å². The Bertz CT molecular complexity index is 793. The largest absolute Gasteiger partial charge is 0.482 e. The van der Waals surface area contributed by atoms with Gasteiger partial charge in [0, 0.05) is 18.1 Å². The summed E-state index contributed by atoms with van der Waals surface area (Å²) in [5, 5.41) is 13.5. The molecule has 2 rings (SSSR count). The van der Waals surface area contributed by atoms with Crippen LogP contribution in [0.3, 0.4) is 0 Å². The van der Waals surface area contributed by atoms with E-state index in [2.05, 4.69) is 16.6 Å². The van der Waals surface area contributed by atoms with Gasteiger partial charge in [-0.2, -0.15) is 0 Å². The Balaban J connectivity index is 2.23. The molecule has 0 bridgehead atoms. The maximum atomic E-state index is 12.4. The summed E-state index contributed by atoms with van der Waals surface area (Å²) >= 11 is 0. The molecule has 144 valence electrons. The molecule has 0 radical (unpaired) electrons. The highest BCUT2D eigenvalue weighted by atomic mass is 16.6. The molecule has 2 amide bonds. The highest BCUT2D eigenvalue weighted by molar-refractivity contribution is 6.02. The summed E-state index contributed by atoms with van der Waals surface area (Å²) in [6.07, 6.45) is 1.49. The third-order valence-electron chi connectivity index (χ3n) is 4.07.